The maximum Gasteiger partial charge on any atom is 0.0850 e. The van der Waals surface area contributed by atoms with Crippen LogP contribution in [0.1, 0.15) is 27.7 Å². The minimum atomic E-state index is 0.137. The molecule has 3 nitrogen and oxygen atoms in total. The second kappa shape index (κ2) is 4.60. The van der Waals surface area contributed by atoms with Crippen LogP contribution in [0.25, 0.3) is 0 Å². The molecular weight excluding hydrogens is 176 g/mol. The van der Waals surface area contributed by atoms with Crippen LogP contribution in [0.2, 0.25) is 0 Å². The van der Waals surface area contributed by atoms with E-state index >= 15 is 0 Å². The molecule has 2 atom stereocenters. The van der Waals surface area contributed by atoms with Crippen molar-refractivity contribution in [3.63, 3.8) is 0 Å². The van der Waals surface area contributed by atoms with Gasteiger partial charge in [0.2, 0.25) is 0 Å². The lowest BCUT2D eigenvalue weighted by Crippen LogP contribution is -2.51. The first-order chi connectivity index (χ1) is 6.38. The molecule has 1 aliphatic rings. The van der Waals surface area contributed by atoms with Crippen LogP contribution in [0.3, 0.4) is 0 Å². The van der Waals surface area contributed by atoms with Crippen molar-refractivity contribution in [3.05, 3.63) is 0 Å². The molecule has 1 fully saturated rings. The van der Waals surface area contributed by atoms with Gasteiger partial charge >= 0.3 is 0 Å². The van der Waals surface area contributed by atoms with Crippen molar-refractivity contribution in [1.82, 2.24) is 4.90 Å². The fraction of sp³-hybridized carbons (Fsp3) is 1.00. The van der Waals surface area contributed by atoms with Gasteiger partial charge in [-0.05, 0) is 12.3 Å². The Kier molecular flexibility index (Phi) is 3.93. The maximum absolute atomic E-state index is 5.84. The zero-order chi connectivity index (χ0) is 10.8. The molecule has 0 spiro atoms. The van der Waals surface area contributed by atoms with Crippen LogP contribution in [0.5, 0.6) is 0 Å². The van der Waals surface area contributed by atoms with Crippen molar-refractivity contribution in [3.8, 4) is 0 Å². The van der Waals surface area contributed by atoms with E-state index in [-0.39, 0.29) is 12.1 Å². The molecule has 84 valence electrons. The molecule has 14 heavy (non-hydrogen) atoms. The molecule has 1 aliphatic heterocycles. The molecule has 2 N–H and O–H groups in total. The Bertz CT molecular complexity index is 175. The van der Waals surface area contributed by atoms with E-state index in [2.05, 4.69) is 25.7 Å². The Morgan fingerprint density at radius 3 is 2.64 bits per heavy atom. The number of nitrogens with two attached hydrogens (primary N) is 1. The van der Waals surface area contributed by atoms with Gasteiger partial charge < -0.3 is 10.5 Å². The number of hydrogen-bond donors (Lipinski definition) is 1. The quantitative estimate of drug-likeness (QED) is 0.725. The summed E-state index contributed by atoms with van der Waals surface area (Å²) in [7, 11) is 0. The highest BCUT2D eigenvalue weighted by Crippen LogP contribution is 2.17. The van der Waals surface area contributed by atoms with E-state index in [0.717, 1.165) is 26.2 Å². The average molecular weight is 200 g/mol. The first-order valence-electron chi connectivity index (χ1n) is 5.48. The van der Waals surface area contributed by atoms with Crippen molar-refractivity contribution in [2.24, 2.45) is 11.1 Å². The number of morpholine rings is 1. The predicted molar refractivity (Wildman–Crippen MR) is 59.3 cm³/mol. The fourth-order valence-corrected chi connectivity index (χ4v) is 1.86. The van der Waals surface area contributed by atoms with Gasteiger partial charge in [0.05, 0.1) is 12.7 Å². The summed E-state index contributed by atoms with van der Waals surface area (Å²) in [6, 6.07) is 0.137. The Labute approximate surface area is 87.6 Å². The Balaban J connectivity index is 2.40. The van der Waals surface area contributed by atoms with Gasteiger partial charge in [-0.25, -0.2) is 0 Å². The van der Waals surface area contributed by atoms with E-state index in [1.807, 2.05) is 6.92 Å². The summed E-state index contributed by atoms with van der Waals surface area (Å²) < 4.78 is 5.62. The van der Waals surface area contributed by atoms with Gasteiger partial charge in [-0.2, -0.15) is 0 Å². The summed E-state index contributed by atoms with van der Waals surface area (Å²) in [6.45, 7) is 12.8. The van der Waals surface area contributed by atoms with Crippen LogP contribution < -0.4 is 5.73 Å². The molecule has 3 heteroatoms. The number of nitrogens with zero attached hydrogens (tertiary/aromatic N) is 1. The summed E-state index contributed by atoms with van der Waals surface area (Å²) in [5.74, 6) is 0. The fourth-order valence-electron chi connectivity index (χ4n) is 1.86. The molecule has 1 heterocycles. The summed E-state index contributed by atoms with van der Waals surface area (Å²) in [4.78, 5) is 2.46. The zero-order valence-electron chi connectivity index (χ0n) is 9.92. The van der Waals surface area contributed by atoms with E-state index in [1.54, 1.807) is 0 Å². The van der Waals surface area contributed by atoms with E-state index in [1.165, 1.54) is 0 Å². The van der Waals surface area contributed by atoms with E-state index in [4.69, 9.17) is 10.5 Å². The molecule has 0 bridgehead atoms. The molecule has 0 saturated carbocycles. The molecule has 0 aromatic rings. The lowest BCUT2D eigenvalue weighted by molar-refractivity contribution is -0.0456. The zero-order valence-corrected chi connectivity index (χ0v) is 9.92. The summed E-state index contributed by atoms with van der Waals surface area (Å²) >= 11 is 0. The molecular formula is C11H24N2O. The first-order valence-corrected chi connectivity index (χ1v) is 5.48. The average Bonchev–Trinajstić information content (AvgIpc) is 2.01. The lowest BCUT2D eigenvalue weighted by Gasteiger charge is -2.37. The number of ether oxygens (including phenoxy) is 1. The molecule has 1 saturated heterocycles. The smallest absolute Gasteiger partial charge is 0.0850 e. The number of hydrogen-bond acceptors (Lipinski definition) is 3. The largest absolute Gasteiger partial charge is 0.374 e. The van der Waals surface area contributed by atoms with Gasteiger partial charge in [-0.15, -0.1) is 0 Å². The molecule has 0 aromatic carbocycles. The normalized spacial score (nSPS) is 27.6. The molecule has 0 aromatic heterocycles. The van der Waals surface area contributed by atoms with E-state index in [0.29, 0.717) is 5.41 Å². The molecule has 0 radical (unpaired) electrons. The third-order valence-electron chi connectivity index (χ3n) is 2.46. The van der Waals surface area contributed by atoms with Crippen LogP contribution in [-0.2, 0) is 4.74 Å². The van der Waals surface area contributed by atoms with Crippen LogP contribution in [0.4, 0.5) is 0 Å². The predicted octanol–water partition coefficient (Wildman–Crippen LogP) is 1.08. The van der Waals surface area contributed by atoms with Crippen molar-refractivity contribution >= 4 is 0 Å². The van der Waals surface area contributed by atoms with Gasteiger partial charge in [0.25, 0.3) is 0 Å². The Morgan fingerprint density at radius 1 is 1.50 bits per heavy atom. The van der Waals surface area contributed by atoms with Gasteiger partial charge in [0.1, 0.15) is 0 Å². The Morgan fingerprint density at radius 2 is 2.14 bits per heavy atom. The monoisotopic (exact) mass is 200 g/mol. The standard InChI is InChI=1S/C11H24N2O/c1-9(12)10-7-13(5-6-14-10)8-11(2,3)4/h9-10H,5-8,12H2,1-4H3. The van der Waals surface area contributed by atoms with Crippen molar-refractivity contribution in [1.29, 1.82) is 0 Å². The summed E-state index contributed by atoms with van der Waals surface area (Å²) in [5.41, 5.74) is 6.20. The third kappa shape index (κ3) is 3.95. The summed E-state index contributed by atoms with van der Waals surface area (Å²) in [6.07, 6.45) is 0.214. The second-order valence-electron chi connectivity index (χ2n) is 5.56. The van der Waals surface area contributed by atoms with Crippen LogP contribution in [-0.4, -0.2) is 43.3 Å². The van der Waals surface area contributed by atoms with Gasteiger partial charge in [-0.1, -0.05) is 20.8 Å². The van der Waals surface area contributed by atoms with Gasteiger partial charge in [0.15, 0.2) is 0 Å². The minimum Gasteiger partial charge on any atom is -0.374 e. The first kappa shape index (κ1) is 12.0. The lowest BCUT2D eigenvalue weighted by atomic mass is 9.95. The van der Waals surface area contributed by atoms with Crippen LogP contribution in [0.15, 0.2) is 0 Å². The highest BCUT2D eigenvalue weighted by Gasteiger charge is 2.25. The SMILES string of the molecule is CC(N)C1CN(CC(C)(C)C)CCO1. The van der Waals surface area contributed by atoms with E-state index < -0.39 is 0 Å². The minimum absolute atomic E-state index is 0.137. The van der Waals surface area contributed by atoms with Crippen LogP contribution >= 0.6 is 0 Å². The van der Waals surface area contributed by atoms with Gasteiger partial charge in [-0.3, -0.25) is 4.90 Å². The van der Waals surface area contributed by atoms with Gasteiger partial charge in [0, 0.05) is 25.7 Å². The maximum atomic E-state index is 5.84. The second-order valence-corrected chi connectivity index (χ2v) is 5.56. The molecule has 0 amide bonds. The van der Waals surface area contributed by atoms with Crippen molar-refractivity contribution < 1.29 is 4.74 Å². The van der Waals surface area contributed by atoms with Crippen LogP contribution in [0, 0.1) is 5.41 Å². The molecule has 1 rings (SSSR count). The number of rotatable bonds is 2. The topological polar surface area (TPSA) is 38.5 Å². The highest BCUT2D eigenvalue weighted by atomic mass is 16.5. The summed E-state index contributed by atoms with van der Waals surface area (Å²) in [5, 5.41) is 0. The molecule has 0 aliphatic carbocycles. The Hall–Kier alpha value is -0.120. The third-order valence-corrected chi connectivity index (χ3v) is 2.46. The van der Waals surface area contributed by atoms with Crippen molar-refractivity contribution in [2.75, 3.05) is 26.2 Å². The highest BCUT2D eigenvalue weighted by molar-refractivity contribution is 4.80. The van der Waals surface area contributed by atoms with E-state index in [9.17, 15) is 0 Å². The molecule has 2 unspecified atom stereocenters. The van der Waals surface area contributed by atoms with Crippen molar-refractivity contribution in [2.45, 2.75) is 39.8 Å².